The zero-order valence-corrected chi connectivity index (χ0v) is 13.3. The Morgan fingerprint density at radius 3 is 2.27 bits per heavy atom. The summed E-state index contributed by atoms with van der Waals surface area (Å²) in [4.78, 5) is 35.4. The fourth-order valence-electron chi connectivity index (χ4n) is 1.89. The fourth-order valence-corrected chi connectivity index (χ4v) is 2.11. The topological polar surface area (TPSA) is 81.7 Å². The first kappa shape index (κ1) is 18.0. The van der Waals surface area contributed by atoms with Crippen LogP contribution in [-0.4, -0.2) is 38.1 Å². The Bertz CT molecular complexity index is 561. The van der Waals surface area contributed by atoms with Crippen LogP contribution in [0.3, 0.4) is 0 Å². The number of halogens is 1. The van der Waals surface area contributed by atoms with Gasteiger partial charge in [-0.1, -0.05) is 30.7 Å². The van der Waals surface area contributed by atoms with Crippen LogP contribution >= 0.6 is 11.6 Å². The maximum absolute atomic E-state index is 12.2. The van der Waals surface area contributed by atoms with Crippen molar-refractivity contribution in [3.05, 3.63) is 34.9 Å². The maximum atomic E-state index is 12.2. The number of carbonyl (C=O) groups is 3. The number of esters is 2. The minimum absolute atomic E-state index is 0.0650. The van der Waals surface area contributed by atoms with E-state index in [1.807, 2.05) is 0 Å². The number of nitrogens with one attached hydrogen (secondary N) is 1. The van der Waals surface area contributed by atoms with E-state index in [2.05, 4.69) is 14.8 Å². The number of hydrogen-bond donors (Lipinski definition) is 1. The molecule has 6 nitrogen and oxygen atoms in total. The van der Waals surface area contributed by atoms with Gasteiger partial charge in [-0.15, -0.1) is 0 Å². The lowest BCUT2D eigenvalue weighted by molar-refractivity contribution is -0.147. The third-order valence-corrected chi connectivity index (χ3v) is 3.43. The Kier molecular flexibility index (Phi) is 6.85. The van der Waals surface area contributed by atoms with Crippen LogP contribution in [0.25, 0.3) is 0 Å². The fraction of sp³-hybridized carbons (Fsp3) is 0.400. The molecule has 0 heterocycles. The molecule has 0 spiro atoms. The highest BCUT2D eigenvalue weighted by Crippen LogP contribution is 2.16. The van der Waals surface area contributed by atoms with Gasteiger partial charge in [0.2, 0.25) is 0 Å². The average molecular weight is 328 g/mol. The molecule has 1 aromatic carbocycles. The van der Waals surface area contributed by atoms with Gasteiger partial charge in [-0.25, -0.2) is 4.79 Å². The number of ether oxygens (including phenoxy) is 2. The Labute approximate surface area is 133 Å². The van der Waals surface area contributed by atoms with Gasteiger partial charge in [-0.3, -0.25) is 9.59 Å². The average Bonchev–Trinajstić information content (AvgIpc) is 2.52. The van der Waals surface area contributed by atoms with Gasteiger partial charge in [0.15, 0.2) is 0 Å². The molecule has 2 atom stereocenters. The Morgan fingerprint density at radius 2 is 1.73 bits per heavy atom. The van der Waals surface area contributed by atoms with Gasteiger partial charge in [0.05, 0.1) is 30.7 Å². The molecular weight excluding hydrogens is 310 g/mol. The molecule has 0 bridgehead atoms. The zero-order valence-electron chi connectivity index (χ0n) is 12.6. The largest absolute Gasteiger partial charge is 0.469 e. The van der Waals surface area contributed by atoms with E-state index in [-0.39, 0.29) is 17.0 Å². The summed E-state index contributed by atoms with van der Waals surface area (Å²) in [5, 5.41) is 2.80. The lowest BCUT2D eigenvalue weighted by Gasteiger charge is -2.19. The number of methoxy groups -OCH3 is 2. The molecule has 0 aliphatic rings. The van der Waals surface area contributed by atoms with Crippen LogP contribution in [0.1, 0.15) is 23.7 Å². The molecule has 0 radical (unpaired) electrons. The maximum Gasteiger partial charge on any atom is 0.328 e. The van der Waals surface area contributed by atoms with Crippen LogP contribution in [0.4, 0.5) is 0 Å². The van der Waals surface area contributed by atoms with Gasteiger partial charge >= 0.3 is 11.9 Å². The summed E-state index contributed by atoms with van der Waals surface area (Å²) >= 11 is 5.94. The minimum Gasteiger partial charge on any atom is -0.469 e. The van der Waals surface area contributed by atoms with Crippen LogP contribution in [0.2, 0.25) is 5.02 Å². The number of hydrogen-bond acceptors (Lipinski definition) is 5. The molecule has 22 heavy (non-hydrogen) atoms. The molecule has 7 heteroatoms. The van der Waals surface area contributed by atoms with Crippen molar-refractivity contribution in [2.24, 2.45) is 5.92 Å². The highest BCUT2D eigenvalue weighted by atomic mass is 35.5. The molecule has 0 unspecified atom stereocenters. The van der Waals surface area contributed by atoms with E-state index in [1.54, 1.807) is 25.1 Å². The lowest BCUT2D eigenvalue weighted by Crippen LogP contribution is -2.43. The minimum atomic E-state index is -0.970. The van der Waals surface area contributed by atoms with E-state index in [1.165, 1.54) is 20.3 Å². The van der Waals surface area contributed by atoms with Crippen LogP contribution in [0.5, 0.6) is 0 Å². The monoisotopic (exact) mass is 327 g/mol. The van der Waals surface area contributed by atoms with Crippen molar-refractivity contribution in [1.29, 1.82) is 0 Å². The van der Waals surface area contributed by atoms with E-state index in [4.69, 9.17) is 11.6 Å². The predicted octanol–water partition coefficient (Wildman–Crippen LogP) is 1.81. The van der Waals surface area contributed by atoms with Gasteiger partial charge in [0, 0.05) is 0 Å². The highest BCUT2D eigenvalue weighted by Gasteiger charge is 2.28. The molecule has 0 fully saturated rings. The molecule has 0 saturated carbocycles. The van der Waals surface area contributed by atoms with Crippen molar-refractivity contribution >= 4 is 29.4 Å². The van der Waals surface area contributed by atoms with Gasteiger partial charge in [0.1, 0.15) is 6.04 Å². The van der Waals surface area contributed by atoms with E-state index < -0.39 is 29.8 Å². The number of benzene rings is 1. The summed E-state index contributed by atoms with van der Waals surface area (Å²) in [5.41, 5.74) is 0.240. The van der Waals surface area contributed by atoms with Crippen molar-refractivity contribution in [1.82, 2.24) is 5.32 Å². The van der Waals surface area contributed by atoms with E-state index in [0.29, 0.717) is 0 Å². The van der Waals surface area contributed by atoms with Crippen molar-refractivity contribution in [2.45, 2.75) is 19.4 Å². The molecule has 120 valence electrons. The van der Waals surface area contributed by atoms with Gasteiger partial charge in [-0.05, 0) is 18.6 Å². The molecule has 0 aliphatic heterocycles. The van der Waals surface area contributed by atoms with Crippen LogP contribution in [-0.2, 0) is 19.1 Å². The van der Waals surface area contributed by atoms with Gasteiger partial charge < -0.3 is 14.8 Å². The van der Waals surface area contributed by atoms with Crippen LogP contribution < -0.4 is 5.32 Å². The predicted molar refractivity (Wildman–Crippen MR) is 80.5 cm³/mol. The number of carbonyl (C=O) groups excluding carboxylic acids is 3. The third kappa shape index (κ3) is 4.73. The van der Waals surface area contributed by atoms with E-state index in [0.717, 1.165) is 0 Å². The molecule has 0 aromatic heterocycles. The van der Waals surface area contributed by atoms with Gasteiger partial charge in [-0.2, -0.15) is 0 Å². The van der Waals surface area contributed by atoms with Crippen molar-refractivity contribution in [3.8, 4) is 0 Å². The normalized spacial score (nSPS) is 12.9. The first-order chi connectivity index (χ1) is 10.4. The molecule has 1 amide bonds. The second-order valence-electron chi connectivity index (χ2n) is 4.69. The molecule has 1 N–H and O–H groups in total. The summed E-state index contributed by atoms with van der Waals surface area (Å²) in [6.45, 7) is 1.60. The summed E-state index contributed by atoms with van der Waals surface area (Å²) < 4.78 is 9.26. The Hall–Kier alpha value is -2.08. The first-order valence-electron chi connectivity index (χ1n) is 6.61. The Morgan fingerprint density at radius 1 is 1.14 bits per heavy atom. The lowest BCUT2D eigenvalue weighted by atomic mass is 10.0. The second-order valence-corrected chi connectivity index (χ2v) is 5.10. The van der Waals surface area contributed by atoms with Crippen LogP contribution in [0, 0.1) is 5.92 Å². The summed E-state index contributed by atoms with van der Waals surface area (Å²) in [5.74, 6) is -2.20. The summed E-state index contributed by atoms with van der Waals surface area (Å²) in [6, 6.07) is 5.49. The van der Waals surface area contributed by atoms with Crippen molar-refractivity contribution in [3.63, 3.8) is 0 Å². The Balaban J connectivity index is 2.86. The smallest absolute Gasteiger partial charge is 0.328 e. The second kappa shape index (κ2) is 8.38. The highest BCUT2D eigenvalue weighted by molar-refractivity contribution is 6.33. The molecular formula is C15H18ClNO5. The standard InChI is InChI=1S/C15H18ClNO5/c1-9(14(19)21-2)8-12(15(20)22-3)17-13(18)10-6-4-5-7-11(10)16/h4-7,9,12H,8H2,1-3H3,(H,17,18)/t9-,12+/m1/s1. The molecule has 1 rings (SSSR count). The van der Waals surface area contributed by atoms with E-state index in [9.17, 15) is 14.4 Å². The van der Waals surface area contributed by atoms with E-state index >= 15 is 0 Å². The number of rotatable bonds is 6. The molecule has 0 aliphatic carbocycles. The summed E-state index contributed by atoms with van der Waals surface area (Å²) in [7, 11) is 2.47. The van der Waals surface area contributed by atoms with Gasteiger partial charge in [0.25, 0.3) is 5.91 Å². The first-order valence-corrected chi connectivity index (χ1v) is 6.99. The third-order valence-electron chi connectivity index (χ3n) is 3.10. The van der Waals surface area contributed by atoms with Crippen LogP contribution in [0.15, 0.2) is 24.3 Å². The zero-order chi connectivity index (χ0) is 16.7. The summed E-state index contributed by atoms with van der Waals surface area (Å²) in [6.07, 6.45) is 0.0650. The SMILES string of the molecule is COC(=O)[C@H](C)C[C@H](NC(=O)c1ccccc1Cl)C(=O)OC. The van der Waals surface area contributed by atoms with Crippen molar-refractivity contribution < 1.29 is 23.9 Å². The molecule has 1 aromatic rings. The quantitative estimate of drug-likeness (QED) is 0.806. The van der Waals surface area contributed by atoms with Crippen molar-refractivity contribution in [2.75, 3.05) is 14.2 Å². The number of amides is 1. The molecule has 0 saturated heterocycles.